The molecule has 0 saturated carbocycles. The summed E-state index contributed by atoms with van der Waals surface area (Å²) in [6, 6.07) is 20.0. The van der Waals surface area contributed by atoms with Crippen LogP contribution >= 0.6 is 0 Å². The molecule has 2 aromatic rings. The van der Waals surface area contributed by atoms with Gasteiger partial charge in [0.2, 0.25) is 0 Å². The summed E-state index contributed by atoms with van der Waals surface area (Å²) in [6.45, 7) is 5.93. The maximum absolute atomic E-state index is 12.0. The predicted octanol–water partition coefficient (Wildman–Crippen LogP) is 4.36. The molecule has 110 valence electrons. The third-order valence-electron chi connectivity index (χ3n) is 3.98. The van der Waals surface area contributed by atoms with Crippen LogP contribution in [0.2, 0.25) is 0 Å². The smallest absolute Gasteiger partial charge is 0.334 e. The number of rotatable bonds is 3. The molecule has 0 bridgehead atoms. The first kappa shape index (κ1) is 14.3. The molecule has 22 heavy (non-hydrogen) atoms. The van der Waals surface area contributed by atoms with E-state index >= 15 is 0 Å². The number of benzene rings is 2. The third kappa shape index (κ3) is 2.73. The van der Waals surface area contributed by atoms with Crippen LogP contribution in [0, 0.1) is 0 Å². The molecule has 2 heteroatoms. The second kappa shape index (κ2) is 6.02. The fraction of sp³-hybridized carbons (Fsp3) is 0.150. The van der Waals surface area contributed by atoms with Crippen molar-refractivity contribution in [2.75, 3.05) is 0 Å². The summed E-state index contributed by atoms with van der Waals surface area (Å²) in [4.78, 5) is 12.0. The van der Waals surface area contributed by atoms with Crippen molar-refractivity contribution in [3.8, 4) is 0 Å². The van der Waals surface area contributed by atoms with Gasteiger partial charge in [-0.2, -0.15) is 0 Å². The SMILES string of the molecule is C=C1C(=O)OC(/C(C)=C/c2ccccc2)C1c1ccccc1. The quantitative estimate of drug-likeness (QED) is 0.620. The van der Waals surface area contributed by atoms with E-state index in [1.165, 1.54) is 0 Å². The summed E-state index contributed by atoms with van der Waals surface area (Å²) in [5.41, 5.74) is 3.70. The first-order valence-electron chi connectivity index (χ1n) is 7.35. The Morgan fingerprint density at radius 1 is 1.05 bits per heavy atom. The van der Waals surface area contributed by atoms with Crippen LogP contribution in [-0.4, -0.2) is 12.1 Å². The summed E-state index contributed by atoms with van der Waals surface area (Å²) < 4.78 is 5.57. The van der Waals surface area contributed by atoms with E-state index in [9.17, 15) is 4.79 Å². The molecule has 0 radical (unpaired) electrons. The van der Waals surface area contributed by atoms with Crippen LogP contribution in [-0.2, 0) is 9.53 Å². The van der Waals surface area contributed by atoms with Crippen LogP contribution in [0.25, 0.3) is 6.08 Å². The van der Waals surface area contributed by atoms with Gasteiger partial charge in [0.1, 0.15) is 6.10 Å². The Hall–Kier alpha value is -2.61. The summed E-state index contributed by atoms with van der Waals surface area (Å²) >= 11 is 0. The molecule has 2 nitrogen and oxygen atoms in total. The fourth-order valence-electron chi connectivity index (χ4n) is 2.86. The molecule has 0 amide bonds. The van der Waals surface area contributed by atoms with Gasteiger partial charge >= 0.3 is 5.97 Å². The Morgan fingerprint density at radius 3 is 2.27 bits per heavy atom. The Bertz CT molecular complexity index is 714. The number of esters is 1. The molecular weight excluding hydrogens is 272 g/mol. The van der Waals surface area contributed by atoms with Gasteiger partial charge in [-0.05, 0) is 23.6 Å². The van der Waals surface area contributed by atoms with Crippen LogP contribution in [0.5, 0.6) is 0 Å². The Morgan fingerprint density at radius 2 is 1.64 bits per heavy atom. The van der Waals surface area contributed by atoms with E-state index in [-0.39, 0.29) is 18.0 Å². The van der Waals surface area contributed by atoms with Crippen molar-refractivity contribution in [3.05, 3.63) is 89.5 Å². The molecule has 1 fully saturated rings. The number of carbonyl (C=O) groups is 1. The Labute approximate surface area is 130 Å². The molecule has 0 spiro atoms. The van der Waals surface area contributed by atoms with E-state index in [2.05, 4.69) is 12.7 Å². The summed E-state index contributed by atoms with van der Waals surface area (Å²) in [5, 5.41) is 0. The molecule has 3 rings (SSSR count). The summed E-state index contributed by atoms with van der Waals surface area (Å²) in [7, 11) is 0. The first-order chi connectivity index (χ1) is 10.7. The van der Waals surface area contributed by atoms with E-state index in [1.54, 1.807) is 0 Å². The minimum Gasteiger partial charge on any atom is -0.453 e. The first-order valence-corrected chi connectivity index (χ1v) is 7.35. The average Bonchev–Trinajstić information content (AvgIpc) is 2.85. The zero-order valence-electron chi connectivity index (χ0n) is 12.5. The maximum Gasteiger partial charge on any atom is 0.334 e. The lowest BCUT2D eigenvalue weighted by Crippen LogP contribution is -2.16. The van der Waals surface area contributed by atoms with Gasteiger partial charge in [-0.3, -0.25) is 0 Å². The number of carbonyl (C=O) groups excluding carboxylic acids is 1. The third-order valence-corrected chi connectivity index (χ3v) is 3.98. The van der Waals surface area contributed by atoms with Crippen molar-refractivity contribution in [1.82, 2.24) is 0 Å². The fourth-order valence-corrected chi connectivity index (χ4v) is 2.86. The standard InChI is InChI=1S/C20H18O2/c1-14(13-16-9-5-3-6-10-16)19-18(15(2)20(21)22-19)17-11-7-4-8-12-17/h3-13,18-19H,2H2,1H3/b14-13+. The van der Waals surface area contributed by atoms with Gasteiger partial charge in [-0.15, -0.1) is 0 Å². The molecule has 1 aliphatic heterocycles. The van der Waals surface area contributed by atoms with E-state index in [0.29, 0.717) is 5.57 Å². The van der Waals surface area contributed by atoms with Crippen molar-refractivity contribution in [3.63, 3.8) is 0 Å². The van der Waals surface area contributed by atoms with Crippen molar-refractivity contribution in [1.29, 1.82) is 0 Å². The van der Waals surface area contributed by atoms with Crippen molar-refractivity contribution < 1.29 is 9.53 Å². The second-order valence-electron chi connectivity index (χ2n) is 5.54. The van der Waals surface area contributed by atoms with Gasteiger partial charge < -0.3 is 4.74 Å². The number of ether oxygens (including phenoxy) is 1. The second-order valence-corrected chi connectivity index (χ2v) is 5.54. The van der Waals surface area contributed by atoms with E-state index < -0.39 is 0 Å². The van der Waals surface area contributed by atoms with Crippen LogP contribution in [0.15, 0.2) is 78.4 Å². The summed E-state index contributed by atoms with van der Waals surface area (Å²) in [6.07, 6.45) is 1.77. The highest BCUT2D eigenvalue weighted by Gasteiger charge is 2.40. The minimum atomic E-state index is -0.306. The van der Waals surface area contributed by atoms with Crippen molar-refractivity contribution >= 4 is 12.0 Å². The molecule has 1 saturated heterocycles. The molecule has 0 N–H and O–H groups in total. The van der Waals surface area contributed by atoms with E-state index in [1.807, 2.05) is 67.6 Å². The van der Waals surface area contributed by atoms with Gasteiger partial charge in [0.15, 0.2) is 0 Å². The Kier molecular flexibility index (Phi) is 3.92. The van der Waals surface area contributed by atoms with Gasteiger partial charge in [-0.25, -0.2) is 4.79 Å². The van der Waals surface area contributed by atoms with Gasteiger partial charge in [0.05, 0.1) is 5.92 Å². The molecule has 1 aliphatic rings. The zero-order valence-corrected chi connectivity index (χ0v) is 12.5. The normalized spacial score (nSPS) is 21.8. The van der Waals surface area contributed by atoms with Crippen molar-refractivity contribution in [2.24, 2.45) is 0 Å². The van der Waals surface area contributed by atoms with Crippen LogP contribution in [0.4, 0.5) is 0 Å². The largest absolute Gasteiger partial charge is 0.453 e. The molecular formula is C20H18O2. The topological polar surface area (TPSA) is 26.3 Å². The monoisotopic (exact) mass is 290 g/mol. The highest BCUT2D eigenvalue weighted by Crippen LogP contribution is 2.39. The molecule has 0 aromatic heterocycles. The van der Waals surface area contributed by atoms with Gasteiger partial charge in [-0.1, -0.05) is 73.3 Å². The zero-order chi connectivity index (χ0) is 15.5. The maximum atomic E-state index is 12.0. The number of cyclic esters (lactones) is 1. The minimum absolute atomic E-state index is 0.117. The molecule has 0 aliphatic carbocycles. The van der Waals surface area contributed by atoms with Crippen LogP contribution in [0.1, 0.15) is 24.0 Å². The molecule has 2 unspecified atom stereocenters. The number of hydrogen-bond acceptors (Lipinski definition) is 2. The number of hydrogen-bond donors (Lipinski definition) is 0. The van der Waals surface area contributed by atoms with Crippen LogP contribution in [0.3, 0.4) is 0 Å². The summed E-state index contributed by atoms with van der Waals surface area (Å²) in [5.74, 6) is -0.423. The lowest BCUT2D eigenvalue weighted by Gasteiger charge is -2.19. The average molecular weight is 290 g/mol. The highest BCUT2D eigenvalue weighted by atomic mass is 16.6. The Balaban J connectivity index is 1.96. The van der Waals surface area contributed by atoms with Crippen LogP contribution < -0.4 is 0 Å². The van der Waals surface area contributed by atoms with E-state index in [4.69, 9.17) is 4.74 Å². The lowest BCUT2D eigenvalue weighted by atomic mass is 9.86. The van der Waals surface area contributed by atoms with Crippen molar-refractivity contribution in [2.45, 2.75) is 18.9 Å². The highest BCUT2D eigenvalue weighted by molar-refractivity contribution is 5.93. The van der Waals surface area contributed by atoms with Gasteiger partial charge in [0, 0.05) is 5.57 Å². The molecule has 2 aromatic carbocycles. The van der Waals surface area contributed by atoms with Gasteiger partial charge in [0.25, 0.3) is 0 Å². The lowest BCUT2D eigenvalue weighted by molar-refractivity contribution is -0.137. The van der Waals surface area contributed by atoms with E-state index in [0.717, 1.165) is 16.7 Å². The molecule has 1 heterocycles. The molecule has 2 atom stereocenters. The predicted molar refractivity (Wildman–Crippen MR) is 88.3 cm³/mol.